The van der Waals surface area contributed by atoms with Gasteiger partial charge in [-0.15, -0.1) is 0 Å². The molecule has 0 unspecified atom stereocenters. The highest BCUT2D eigenvalue weighted by Crippen LogP contribution is 2.31. The number of nitrogens with two attached hydrogens (primary N) is 1. The fraction of sp³-hybridized carbons (Fsp3) is 0.533. The SMILES string of the molecule is COc1cc(N)c(C(=O)NCC2CCOCC2)cc1OC. The summed E-state index contributed by atoms with van der Waals surface area (Å²) in [5.41, 5.74) is 6.69. The number of ether oxygens (including phenoxy) is 3. The van der Waals surface area contributed by atoms with Crippen LogP contribution in [0.25, 0.3) is 0 Å². The van der Waals surface area contributed by atoms with Gasteiger partial charge in [-0.1, -0.05) is 0 Å². The normalized spacial score (nSPS) is 15.5. The van der Waals surface area contributed by atoms with E-state index in [9.17, 15) is 4.79 Å². The van der Waals surface area contributed by atoms with Gasteiger partial charge in [-0.2, -0.15) is 0 Å². The van der Waals surface area contributed by atoms with Crippen molar-refractivity contribution in [1.82, 2.24) is 5.32 Å². The number of anilines is 1. The molecule has 0 atom stereocenters. The Bertz CT molecular complexity index is 499. The number of carbonyl (C=O) groups is 1. The van der Waals surface area contributed by atoms with Crippen LogP contribution in [-0.2, 0) is 4.74 Å². The minimum absolute atomic E-state index is 0.194. The highest BCUT2D eigenvalue weighted by Gasteiger charge is 2.18. The molecule has 6 heteroatoms. The van der Waals surface area contributed by atoms with E-state index in [1.807, 2.05) is 0 Å². The second kappa shape index (κ2) is 7.17. The number of benzene rings is 1. The zero-order valence-corrected chi connectivity index (χ0v) is 12.5. The van der Waals surface area contributed by atoms with Crippen molar-refractivity contribution in [3.8, 4) is 11.5 Å². The Hall–Kier alpha value is -1.95. The van der Waals surface area contributed by atoms with Crippen LogP contribution in [-0.4, -0.2) is 39.9 Å². The summed E-state index contributed by atoms with van der Waals surface area (Å²) in [6.45, 7) is 2.16. The number of nitrogens with one attached hydrogen (secondary N) is 1. The van der Waals surface area contributed by atoms with E-state index in [1.54, 1.807) is 12.1 Å². The van der Waals surface area contributed by atoms with Gasteiger partial charge < -0.3 is 25.3 Å². The smallest absolute Gasteiger partial charge is 0.253 e. The molecule has 2 rings (SSSR count). The van der Waals surface area contributed by atoms with Crippen molar-refractivity contribution < 1.29 is 19.0 Å². The Morgan fingerprint density at radius 3 is 2.52 bits per heavy atom. The van der Waals surface area contributed by atoms with Crippen molar-refractivity contribution in [1.29, 1.82) is 0 Å². The molecule has 0 radical (unpaired) electrons. The van der Waals surface area contributed by atoms with Crippen molar-refractivity contribution in [2.45, 2.75) is 12.8 Å². The average Bonchev–Trinajstić information content (AvgIpc) is 2.53. The molecule has 3 N–H and O–H groups in total. The predicted octanol–water partition coefficient (Wildman–Crippen LogP) is 1.44. The Balaban J connectivity index is 2.04. The summed E-state index contributed by atoms with van der Waals surface area (Å²) in [5.74, 6) is 1.27. The molecule has 0 aromatic heterocycles. The molecule has 1 fully saturated rings. The van der Waals surface area contributed by atoms with Gasteiger partial charge in [0.25, 0.3) is 5.91 Å². The molecule has 0 saturated carbocycles. The van der Waals surface area contributed by atoms with Crippen molar-refractivity contribution in [3.05, 3.63) is 17.7 Å². The fourth-order valence-electron chi connectivity index (χ4n) is 2.37. The lowest BCUT2D eigenvalue weighted by Gasteiger charge is -2.22. The van der Waals surface area contributed by atoms with E-state index in [2.05, 4.69) is 5.32 Å². The third kappa shape index (κ3) is 3.78. The summed E-state index contributed by atoms with van der Waals surface area (Å²) in [6, 6.07) is 3.20. The van der Waals surface area contributed by atoms with E-state index in [4.69, 9.17) is 19.9 Å². The molecule has 1 aliphatic heterocycles. The Kier molecular flexibility index (Phi) is 5.27. The van der Waals surface area contributed by atoms with Crippen molar-refractivity contribution in [2.24, 2.45) is 5.92 Å². The second-order valence-corrected chi connectivity index (χ2v) is 5.06. The molecule has 1 aromatic rings. The fourth-order valence-corrected chi connectivity index (χ4v) is 2.37. The van der Waals surface area contributed by atoms with Crippen LogP contribution >= 0.6 is 0 Å². The molecular weight excluding hydrogens is 272 g/mol. The minimum Gasteiger partial charge on any atom is -0.493 e. The first-order valence-electron chi connectivity index (χ1n) is 7.03. The molecule has 1 amide bonds. The van der Waals surface area contributed by atoms with Crippen LogP contribution in [0, 0.1) is 5.92 Å². The van der Waals surface area contributed by atoms with Gasteiger partial charge >= 0.3 is 0 Å². The van der Waals surface area contributed by atoms with Gasteiger partial charge in [0.15, 0.2) is 11.5 Å². The number of methoxy groups -OCH3 is 2. The van der Waals surface area contributed by atoms with Gasteiger partial charge in [-0.3, -0.25) is 4.79 Å². The Morgan fingerprint density at radius 2 is 1.90 bits per heavy atom. The quantitative estimate of drug-likeness (QED) is 0.803. The van der Waals surface area contributed by atoms with Crippen LogP contribution < -0.4 is 20.5 Å². The number of hydrogen-bond acceptors (Lipinski definition) is 5. The Morgan fingerprint density at radius 1 is 1.29 bits per heavy atom. The first-order valence-corrected chi connectivity index (χ1v) is 7.03. The van der Waals surface area contributed by atoms with Crippen molar-refractivity contribution in [2.75, 3.05) is 39.7 Å². The topological polar surface area (TPSA) is 82.8 Å². The third-order valence-corrected chi connectivity index (χ3v) is 3.69. The van der Waals surface area contributed by atoms with Crippen LogP contribution in [0.1, 0.15) is 23.2 Å². The summed E-state index contributed by atoms with van der Waals surface area (Å²) < 4.78 is 15.7. The molecule has 116 valence electrons. The summed E-state index contributed by atoms with van der Waals surface area (Å²) in [7, 11) is 3.06. The number of rotatable bonds is 5. The van der Waals surface area contributed by atoms with Crippen LogP contribution in [0.2, 0.25) is 0 Å². The molecule has 0 aliphatic carbocycles. The van der Waals surface area contributed by atoms with Crippen LogP contribution in [0.15, 0.2) is 12.1 Å². The maximum atomic E-state index is 12.3. The van der Waals surface area contributed by atoms with E-state index in [-0.39, 0.29) is 5.91 Å². The number of hydrogen-bond donors (Lipinski definition) is 2. The van der Waals surface area contributed by atoms with Gasteiger partial charge in [-0.05, 0) is 24.8 Å². The summed E-state index contributed by atoms with van der Waals surface area (Å²) in [6.07, 6.45) is 1.95. The molecule has 1 aliphatic rings. The molecule has 1 heterocycles. The van der Waals surface area contributed by atoms with E-state index < -0.39 is 0 Å². The predicted molar refractivity (Wildman–Crippen MR) is 79.8 cm³/mol. The van der Waals surface area contributed by atoms with Gasteiger partial charge in [0.1, 0.15) is 0 Å². The lowest BCUT2D eigenvalue weighted by Crippen LogP contribution is -2.32. The van der Waals surface area contributed by atoms with Crippen LogP contribution in [0.4, 0.5) is 5.69 Å². The monoisotopic (exact) mass is 294 g/mol. The zero-order chi connectivity index (χ0) is 15.2. The average molecular weight is 294 g/mol. The summed E-state index contributed by atoms with van der Waals surface area (Å²) >= 11 is 0. The summed E-state index contributed by atoms with van der Waals surface area (Å²) in [5, 5.41) is 2.93. The maximum absolute atomic E-state index is 12.3. The largest absolute Gasteiger partial charge is 0.493 e. The van der Waals surface area contributed by atoms with Gasteiger partial charge in [0, 0.05) is 31.5 Å². The van der Waals surface area contributed by atoms with Gasteiger partial charge in [0.2, 0.25) is 0 Å². The first-order chi connectivity index (χ1) is 10.2. The van der Waals surface area contributed by atoms with E-state index in [0.29, 0.717) is 35.2 Å². The van der Waals surface area contributed by atoms with E-state index in [1.165, 1.54) is 14.2 Å². The number of nitrogen functional groups attached to an aromatic ring is 1. The third-order valence-electron chi connectivity index (χ3n) is 3.69. The van der Waals surface area contributed by atoms with E-state index >= 15 is 0 Å². The molecule has 0 spiro atoms. The minimum atomic E-state index is -0.194. The summed E-state index contributed by atoms with van der Waals surface area (Å²) in [4.78, 5) is 12.3. The lowest BCUT2D eigenvalue weighted by atomic mass is 10.0. The molecule has 1 saturated heterocycles. The van der Waals surface area contributed by atoms with Crippen molar-refractivity contribution >= 4 is 11.6 Å². The molecule has 1 aromatic carbocycles. The first kappa shape index (κ1) is 15.4. The maximum Gasteiger partial charge on any atom is 0.253 e. The zero-order valence-electron chi connectivity index (χ0n) is 12.5. The molecular formula is C15H22N2O4. The van der Waals surface area contributed by atoms with Crippen molar-refractivity contribution in [3.63, 3.8) is 0 Å². The van der Waals surface area contributed by atoms with E-state index in [0.717, 1.165) is 26.1 Å². The van der Waals surface area contributed by atoms with Crippen LogP contribution in [0.5, 0.6) is 11.5 Å². The van der Waals surface area contributed by atoms with Gasteiger partial charge in [-0.25, -0.2) is 0 Å². The number of carbonyl (C=O) groups excluding carboxylic acids is 1. The second-order valence-electron chi connectivity index (χ2n) is 5.06. The molecule has 6 nitrogen and oxygen atoms in total. The number of amides is 1. The highest BCUT2D eigenvalue weighted by atomic mass is 16.5. The standard InChI is InChI=1S/C15H22N2O4/c1-19-13-7-11(12(16)8-14(13)20-2)15(18)17-9-10-3-5-21-6-4-10/h7-8,10H,3-6,9,16H2,1-2H3,(H,17,18). The van der Waals surface area contributed by atoms with Crippen LogP contribution in [0.3, 0.4) is 0 Å². The lowest BCUT2D eigenvalue weighted by molar-refractivity contribution is 0.0643. The highest BCUT2D eigenvalue weighted by molar-refractivity contribution is 6.00. The molecule has 21 heavy (non-hydrogen) atoms. The Labute approximate surface area is 124 Å². The molecule has 0 bridgehead atoms. The van der Waals surface area contributed by atoms with Gasteiger partial charge in [0.05, 0.1) is 19.8 Å².